The van der Waals surface area contributed by atoms with Gasteiger partial charge in [-0.25, -0.2) is 0 Å². The highest BCUT2D eigenvalue weighted by Gasteiger charge is 2.04. The summed E-state index contributed by atoms with van der Waals surface area (Å²) in [5.41, 5.74) is 15.0. The third kappa shape index (κ3) is 2.75. The van der Waals surface area contributed by atoms with Gasteiger partial charge in [-0.3, -0.25) is 10.8 Å². The standard InChI is InChI=1S/C16H16N4/c1-10(11-2-6-13(7-3-11)15(17)18)12-4-8-14(9-5-12)16(19)20/h2-9H,1H2,(H3,17,18)(H3,19,20). The van der Waals surface area contributed by atoms with Gasteiger partial charge in [-0.1, -0.05) is 55.1 Å². The maximum atomic E-state index is 7.36. The highest BCUT2D eigenvalue weighted by Crippen LogP contribution is 2.22. The number of hydrogen-bond acceptors (Lipinski definition) is 2. The van der Waals surface area contributed by atoms with E-state index in [9.17, 15) is 0 Å². The van der Waals surface area contributed by atoms with Crippen molar-refractivity contribution in [1.29, 1.82) is 10.8 Å². The number of nitrogen functional groups attached to an aromatic ring is 2. The summed E-state index contributed by atoms with van der Waals surface area (Å²) in [5, 5.41) is 14.7. The molecule has 0 fully saturated rings. The van der Waals surface area contributed by atoms with Crippen molar-refractivity contribution in [3.8, 4) is 0 Å². The third-order valence-electron chi connectivity index (χ3n) is 3.09. The van der Waals surface area contributed by atoms with E-state index in [0.717, 1.165) is 16.7 Å². The van der Waals surface area contributed by atoms with Gasteiger partial charge in [0.05, 0.1) is 0 Å². The molecule has 4 nitrogen and oxygen atoms in total. The molecule has 0 saturated carbocycles. The molecule has 0 aliphatic rings. The lowest BCUT2D eigenvalue weighted by molar-refractivity contribution is 1.41. The Bertz CT molecular complexity index is 607. The maximum Gasteiger partial charge on any atom is 0.122 e. The molecule has 0 aromatic heterocycles. The summed E-state index contributed by atoms with van der Waals surface area (Å²) in [7, 11) is 0. The zero-order valence-corrected chi connectivity index (χ0v) is 11.0. The fourth-order valence-electron chi connectivity index (χ4n) is 1.87. The van der Waals surface area contributed by atoms with Gasteiger partial charge in [-0.15, -0.1) is 0 Å². The van der Waals surface area contributed by atoms with Crippen molar-refractivity contribution in [2.24, 2.45) is 11.5 Å². The second-order valence-corrected chi connectivity index (χ2v) is 4.46. The Hall–Kier alpha value is -2.88. The zero-order chi connectivity index (χ0) is 14.7. The molecule has 6 N–H and O–H groups in total. The normalized spacial score (nSPS) is 10.0. The lowest BCUT2D eigenvalue weighted by atomic mass is 9.97. The lowest BCUT2D eigenvalue weighted by Crippen LogP contribution is -2.11. The largest absolute Gasteiger partial charge is 0.384 e. The van der Waals surface area contributed by atoms with E-state index >= 15 is 0 Å². The minimum atomic E-state index is 0.0490. The van der Waals surface area contributed by atoms with Gasteiger partial charge in [0.25, 0.3) is 0 Å². The third-order valence-corrected chi connectivity index (χ3v) is 3.09. The molecule has 0 spiro atoms. The molecule has 20 heavy (non-hydrogen) atoms. The minimum absolute atomic E-state index is 0.0490. The van der Waals surface area contributed by atoms with Crippen LogP contribution in [0.1, 0.15) is 22.3 Å². The van der Waals surface area contributed by atoms with E-state index in [1.54, 1.807) is 24.3 Å². The van der Waals surface area contributed by atoms with Crippen LogP contribution in [0.3, 0.4) is 0 Å². The van der Waals surface area contributed by atoms with Gasteiger partial charge in [-0.05, 0) is 16.7 Å². The van der Waals surface area contributed by atoms with Gasteiger partial charge < -0.3 is 11.5 Å². The number of amidine groups is 2. The van der Waals surface area contributed by atoms with Gasteiger partial charge in [0.1, 0.15) is 11.7 Å². The summed E-state index contributed by atoms with van der Waals surface area (Å²) in [4.78, 5) is 0. The van der Waals surface area contributed by atoms with Crippen LogP contribution < -0.4 is 11.5 Å². The van der Waals surface area contributed by atoms with E-state index in [2.05, 4.69) is 6.58 Å². The molecule has 100 valence electrons. The van der Waals surface area contributed by atoms with Gasteiger partial charge >= 0.3 is 0 Å². The van der Waals surface area contributed by atoms with Crippen LogP contribution >= 0.6 is 0 Å². The number of hydrogen-bond donors (Lipinski definition) is 4. The van der Waals surface area contributed by atoms with Crippen LogP contribution in [0.2, 0.25) is 0 Å². The Kier molecular flexibility index (Phi) is 3.66. The SMILES string of the molecule is C=C(c1ccc(C(=N)N)cc1)c1ccc(C(=N)N)cc1. The number of nitrogens with one attached hydrogen (secondary N) is 2. The Morgan fingerprint density at radius 1 is 0.650 bits per heavy atom. The summed E-state index contributed by atoms with van der Waals surface area (Å²) in [6.45, 7) is 4.07. The Morgan fingerprint density at radius 2 is 0.900 bits per heavy atom. The Balaban J connectivity index is 2.26. The molecule has 0 radical (unpaired) electrons. The van der Waals surface area contributed by atoms with Crippen LogP contribution in [0.4, 0.5) is 0 Å². The van der Waals surface area contributed by atoms with Gasteiger partial charge in [0.2, 0.25) is 0 Å². The molecule has 2 aromatic carbocycles. The molecule has 0 aliphatic heterocycles. The first kappa shape index (κ1) is 13.5. The van der Waals surface area contributed by atoms with Crippen molar-refractivity contribution in [2.75, 3.05) is 0 Å². The summed E-state index contributed by atoms with van der Waals surface area (Å²) in [5.74, 6) is 0.0981. The first-order valence-electron chi connectivity index (χ1n) is 6.07. The van der Waals surface area contributed by atoms with Crippen molar-refractivity contribution in [3.05, 3.63) is 77.4 Å². The Morgan fingerprint density at radius 3 is 1.15 bits per heavy atom. The van der Waals surface area contributed by atoms with Crippen LogP contribution in [0, 0.1) is 10.8 Å². The summed E-state index contributed by atoms with van der Waals surface area (Å²) in [6.07, 6.45) is 0. The van der Waals surface area contributed by atoms with E-state index < -0.39 is 0 Å². The van der Waals surface area contributed by atoms with Crippen molar-refractivity contribution in [1.82, 2.24) is 0 Å². The van der Waals surface area contributed by atoms with Crippen LogP contribution in [-0.4, -0.2) is 11.7 Å². The average molecular weight is 264 g/mol. The number of benzene rings is 2. The molecular formula is C16H16N4. The average Bonchev–Trinajstić information content (AvgIpc) is 2.46. The van der Waals surface area contributed by atoms with E-state index in [4.69, 9.17) is 22.3 Å². The highest BCUT2D eigenvalue weighted by atomic mass is 14.7. The molecule has 0 bridgehead atoms. The predicted molar refractivity (Wildman–Crippen MR) is 83.1 cm³/mol. The first-order valence-corrected chi connectivity index (χ1v) is 6.07. The molecule has 2 rings (SSSR count). The second-order valence-electron chi connectivity index (χ2n) is 4.46. The summed E-state index contributed by atoms with van der Waals surface area (Å²) < 4.78 is 0. The van der Waals surface area contributed by atoms with Crippen LogP contribution in [0.5, 0.6) is 0 Å². The second kappa shape index (κ2) is 5.40. The molecule has 0 heterocycles. The molecule has 0 saturated heterocycles. The van der Waals surface area contributed by atoms with Crippen molar-refractivity contribution < 1.29 is 0 Å². The van der Waals surface area contributed by atoms with Gasteiger partial charge in [0.15, 0.2) is 0 Å². The van der Waals surface area contributed by atoms with E-state index in [1.807, 2.05) is 24.3 Å². The first-order chi connectivity index (χ1) is 9.49. The predicted octanol–water partition coefficient (Wildman–Crippen LogP) is 2.32. The van der Waals surface area contributed by atoms with Crippen molar-refractivity contribution in [3.63, 3.8) is 0 Å². The zero-order valence-electron chi connectivity index (χ0n) is 11.0. The fourth-order valence-corrected chi connectivity index (χ4v) is 1.87. The lowest BCUT2D eigenvalue weighted by Gasteiger charge is -2.08. The Labute approximate surface area is 117 Å². The van der Waals surface area contributed by atoms with Gasteiger partial charge in [-0.2, -0.15) is 0 Å². The van der Waals surface area contributed by atoms with Crippen LogP contribution in [-0.2, 0) is 0 Å². The highest BCUT2D eigenvalue weighted by molar-refractivity contribution is 5.96. The molecule has 0 aliphatic carbocycles. The monoisotopic (exact) mass is 264 g/mol. The maximum absolute atomic E-state index is 7.36. The van der Waals surface area contributed by atoms with E-state index in [1.165, 1.54) is 0 Å². The smallest absolute Gasteiger partial charge is 0.122 e. The molecule has 4 heteroatoms. The number of nitrogens with two attached hydrogens (primary N) is 2. The fraction of sp³-hybridized carbons (Fsp3) is 0. The van der Waals surface area contributed by atoms with Crippen LogP contribution in [0.25, 0.3) is 5.57 Å². The molecular weight excluding hydrogens is 248 g/mol. The van der Waals surface area contributed by atoms with Crippen LogP contribution in [0.15, 0.2) is 55.1 Å². The quantitative estimate of drug-likeness (QED) is 0.503. The van der Waals surface area contributed by atoms with Crippen molar-refractivity contribution in [2.45, 2.75) is 0 Å². The molecule has 0 unspecified atom stereocenters. The molecule has 0 amide bonds. The molecule has 2 aromatic rings. The number of rotatable bonds is 4. The minimum Gasteiger partial charge on any atom is -0.384 e. The van der Waals surface area contributed by atoms with Gasteiger partial charge in [0, 0.05) is 11.1 Å². The molecule has 0 atom stereocenters. The summed E-state index contributed by atoms with van der Waals surface area (Å²) >= 11 is 0. The van der Waals surface area contributed by atoms with Crippen molar-refractivity contribution >= 4 is 17.2 Å². The van der Waals surface area contributed by atoms with E-state index in [0.29, 0.717) is 11.1 Å². The summed E-state index contributed by atoms with van der Waals surface area (Å²) in [6, 6.07) is 14.7. The van der Waals surface area contributed by atoms with E-state index in [-0.39, 0.29) is 11.7 Å². The topological polar surface area (TPSA) is 99.7 Å².